The van der Waals surface area contributed by atoms with Gasteiger partial charge in [-0.15, -0.1) is 0 Å². The molecule has 0 spiro atoms. The number of piperidine rings is 3. The van der Waals surface area contributed by atoms with Gasteiger partial charge < -0.3 is 14.7 Å². The highest BCUT2D eigenvalue weighted by molar-refractivity contribution is 5.69. The normalized spacial score (nSPS) is 22.8. The SMILES string of the molecule is [c]1c(N2CCCCC2)cc(N2CCCCC2)cc1N1CCCCC1. The van der Waals surface area contributed by atoms with E-state index in [2.05, 4.69) is 32.9 Å². The van der Waals surface area contributed by atoms with Crippen molar-refractivity contribution >= 4 is 17.1 Å². The third kappa shape index (κ3) is 3.65. The lowest BCUT2D eigenvalue weighted by atomic mass is 10.1. The Morgan fingerprint density at radius 1 is 0.500 bits per heavy atom. The molecule has 3 saturated heterocycles. The smallest absolute Gasteiger partial charge is 0.0489 e. The first kappa shape index (κ1) is 16.1. The predicted molar refractivity (Wildman–Crippen MR) is 103 cm³/mol. The number of hydrogen-bond acceptors (Lipinski definition) is 3. The highest BCUT2D eigenvalue weighted by atomic mass is 15.2. The third-order valence-electron chi connectivity index (χ3n) is 5.94. The van der Waals surface area contributed by atoms with E-state index in [4.69, 9.17) is 0 Å². The maximum atomic E-state index is 3.79. The van der Waals surface area contributed by atoms with Crippen LogP contribution < -0.4 is 14.7 Å². The van der Waals surface area contributed by atoms with Gasteiger partial charge in [0.2, 0.25) is 0 Å². The second kappa shape index (κ2) is 7.67. The van der Waals surface area contributed by atoms with Gasteiger partial charge in [0.15, 0.2) is 0 Å². The molecular formula is C21H32N3. The van der Waals surface area contributed by atoms with Gasteiger partial charge in [-0.2, -0.15) is 0 Å². The molecule has 24 heavy (non-hydrogen) atoms. The van der Waals surface area contributed by atoms with Crippen LogP contribution in [0, 0.1) is 6.07 Å². The van der Waals surface area contributed by atoms with Crippen LogP contribution in [0.4, 0.5) is 17.1 Å². The fourth-order valence-electron chi connectivity index (χ4n) is 4.47. The summed E-state index contributed by atoms with van der Waals surface area (Å²) >= 11 is 0. The molecule has 3 aliphatic heterocycles. The van der Waals surface area contributed by atoms with Gasteiger partial charge in [-0.05, 0) is 69.9 Å². The number of benzene rings is 1. The molecule has 1 aromatic rings. The average Bonchev–Trinajstić information content (AvgIpc) is 2.70. The molecule has 3 heteroatoms. The minimum Gasteiger partial charge on any atom is -0.371 e. The van der Waals surface area contributed by atoms with Crippen LogP contribution in [0.25, 0.3) is 0 Å². The van der Waals surface area contributed by atoms with Crippen molar-refractivity contribution in [3.05, 3.63) is 18.2 Å². The molecule has 3 fully saturated rings. The summed E-state index contributed by atoms with van der Waals surface area (Å²) in [6, 6.07) is 8.63. The van der Waals surface area contributed by atoms with Crippen molar-refractivity contribution in [2.45, 2.75) is 57.8 Å². The Hall–Kier alpha value is -1.38. The molecule has 1 aromatic carbocycles. The van der Waals surface area contributed by atoms with E-state index in [0.717, 1.165) is 0 Å². The van der Waals surface area contributed by atoms with E-state index in [1.165, 1.54) is 114 Å². The Bertz CT molecular complexity index is 435. The summed E-state index contributed by atoms with van der Waals surface area (Å²) in [5.41, 5.74) is 4.13. The molecule has 0 aliphatic carbocycles. The Morgan fingerprint density at radius 3 is 1.29 bits per heavy atom. The number of rotatable bonds is 3. The molecule has 3 nitrogen and oxygen atoms in total. The van der Waals surface area contributed by atoms with E-state index in [0.29, 0.717) is 0 Å². The van der Waals surface area contributed by atoms with E-state index in [1.54, 1.807) is 0 Å². The highest BCUT2D eigenvalue weighted by Crippen LogP contribution is 2.33. The van der Waals surface area contributed by atoms with Crippen molar-refractivity contribution in [2.75, 3.05) is 54.0 Å². The van der Waals surface area contributed by atoms with Gasteiger partial charge in [-0.25, -0.2) is 0 Å². The van der Waals surface area contributed by atoms with E-state index in [1.807, 2.05) is 0 Å². The van der Waals surface area contributed by atoms with Crippen molar-refractivity contribution in [2.24, 2.45) is 0 Å². The largest absolute Gasteiger partial charge is 0.371 e. The second-order valence-electron chi connectivity index (χ2n) is 7.75. The van der Waals surface area contributed by atoms with Crippen molar-refractivity contribution in [3.63, 3.8) is 0 Å². The third-order valence-corrected chi connectivity index (χ3v) is 5.94. The summed E-state index contributed by atoms with van der Waals surface area (Å²) in [4.78, 5) is 7.76. The van der Waals surface area contributed by atoms with Gasteiger partial charge in [0.05, 0.1) is 0 Å². The molecular weight excluding hydrogens is 294 g/mol. The average molecular weight is 327 g/mol. The van der Waals surface area contributed by atoms with Crippen molar-refractivity contribution in [1.29, 1.82) is 0 Å². The van der Waals surface area contributed by atoms with Crippen molar-refractivity contribution in [1.82, 2.24) is 0 Å². The Labute approximate surface area is 147 Å². The summed E-state index contributed by atoms with van der Waals surface area (Å²) in [6.07, 6.45) is 12.2. The highest BCUT2D eigenvalue weighted by Gasteiger charge is 2.19. The Morgan fingerprint density at radius 2 is 0.875 bits per heavy atom. The summed E-state index contributed by atoms with van der Waals surface area (Å²) in [5, 5.41) is 0. The molecule has 0 saturated carbocycles. The topological polar surface area (TPSA) is 9.72 Å². The predicted octanol–water partition coefficient (Wildman–Crippen LogP) is 4.46. The lowest BCUT2D eigenvalue weighted by molar-refractivity contribution is 0.568. The molecule has 3 heterocycles. The van der Waals surface area contributed by atoms with Crippen LogP contribution in [0.5, 0.6) is 0 Å². The van der Waals surface area contributed by atoms with Crippen LogP contribution in [0.1, 0.15) is 57.8 Å². The van der Waals surface area contributed by atoms with Crippen molar-refractivity contribution in [3.8, 4) is 0 Å². The number of hydrogen-bond donors (Lipinski definition) is 0. The molecule has 1 radical (unpaired) electrons. The Kier molecular flexibility index (Phi) is 5.15. The maximum Gasteiger partial charge on any atom is 0.0489 e. The summed E-state index contributed by atoms with van der Waals surface area (Å²) in [5.74, 6) is 0. The molecule has 0 unspecified atom stereocenters. The van der Waals surface area contributed by atoms with Gasteiger partial charge in [0.1, 0.15) is 0 Å². The number of anilines is 3. The minimum absolute atomic E-state index is 1.21. The van der Waals surface area contributed by atoms with Crippen molar-refractivity contribution < 1.29 is 0 Å². The quantitative estimate of drug-likeness (QED) is 0.812. The van der Waals surface area contributed by atoms with Crippen LogP contribution >= 0.6 is 0 Å². The zero-order chi connectivity index (χ0) is 16.2. The maximum absolute atomic E-state index is 3.79. The van der Waals surface area contributed by atoms with Gasteiger partial charge in [0.25, 0.3) is 0 Å². The fraction of sp³-hybridized carbons (Fsp3) is 0.714. The van der Waals surface area contributed by atoms with Crippen LogP contribution in [0.3, 0.4) is 0 Å². The minimum atomic E-state index is 1.21. The van der Waals surface area contributed by atoms with E-state index >= 15 is 0 Å². The van der Waals surface area contributed by atoms with Gasteiger partial charge >= 0.3 is 0 Å². The molecule has 0 atom stereocenters. The molecule has 0 N–H and O–H groups in total. The molecule has 0 amide bonds. The van der Waals surface area contributed by atoms with Crippen LogP contribution in [0.2, 0.25) is 0 Å². The molecule has 4 rings (SSSR count). The molecule has 0 aromatic heterocycles. The second-order valence-corrected chi connectivity index (χ2v) is 7.75. The van der Waals surface area contributed by atoms with Crippen LogP contribution in [0.15, 0.2) is 12.1 Å². The van der Waals surface area contributed by atoms with Crippen LogP contribution in [-0.4, -0.2) is 39.3 Å². The standard InChI is InChI=1S/C21H32N3/c1-4-10-22(11-5-1)19-16-20(23-12-6-2-7-13-23)18-21(17-19)24-14-8-3-9-15-24/h16-17H,1-15H2. The van der Waals surface area contributed by atoms with Crippen LogP contribution in [-0.2, 0) is 0 Å². The van der Waals surface area contributed by atoms with E-state index < -0.39 is 0 Å². The molecule has 3 aliphatic rings. The Balaban J connectivity index is 1.63. The van der Waals surface area contributed by atoms with E-state index in [9.17, 15) is 0 Å². The lowest BCUT2D eigenvalue weighted by Gasteiger charge is -2.35. The van der Waals surface area contributed by atoms with E-state index in [-0.39, 0.29) is 0 Å². The summed E-state index contributed by atoms with van der Waals surface area (Å²) in [7, 11) is 0. The summed E-state index contributed by atoms with van der Waals surface area (Å²) in [6.45, 7) is 7.28. The first-order chi connectivity index (χ1) is 11.9. The first-order valence-electron chi connectivity index (χ1n) is 10.2. The van der Waals surface area contributed by atoms with Gasteiger partial charge in [-0.1, -0.05) is 0 Å². The monoisotopic (exact) mass is 326 g/mol. The first-order valence-corrected chi connectivity index (χ1v) is 10.2. The molecule has 0 bridgehead atoms. The fourth-order valence-corrected chi connectivity index (χ4v) is 4.47. The lowest BCUT2D eigenvalue weighted by Crippen LogP contribution is -2.33. The molecule has 131 valence electrons. The van der Waals surface area contributed by atoms with Gasteiger partial charge in [0, 0.05) is 62.4 Å². The zero-order valence-electron chi connectivity index (χ0n) is 15.1. The zero-order valence-corrected chi connectivity index (χ0v) is 15.1. The number of nitrogens with zero attached hydrogens (tertiary/aromatic N) is 3. The summed E-state index contributed by atoms with van der Waals surface area (Å²) < 4.78 is 0. The van der Waals surface area contributed by atoms with Gasteiger partial charge in [-0.3, -0.25) is 0 Å².